The summed E-state index contributed by atoms with van der Waals surface area (Å²) in [5.74, 6) is 1.00. The number of halogens is 1. The lowest BCUT2D eigenvalue weighted by Gasteiger charge is -2.06. The second kappa shape index (κ2) is 11.3. The maximum Gasteiger partial charge on any atom is 0.119 e. The molecule has 0 aromatic heterocycles. The molecule has 0 spiro atoms. The van der Waals surface area contributed by atoms with Crippen LogP contribution in [0.3, 0.4) is 0 Å². The van der Waals surface area contributed by atoms with Crippen LogP contribution in [0.15, 0.2) is 24.3 Å². The van der Waals surface area contributed by atoms with Gasteiger partial charge in [0.2, 0.25) is 0 Å². The third kappa shape index (κ3) is 8.30. The van der Waals surface area contributed by atoms with Gasteiger partial charge in [0.25, 0.3) is 0 Å². The molecule has 0 amide bonds. The molecule has 0 heterocycles. The van der Waals surface area contributed by atoms with E-state index in [4.69, 9.17) is 4.74 Å². The zero-order chi connectivity index (χ0) is 13.8. The molecular weight excluding hydrogens is 300 g/mol. The molecule has 0 aliphatic heterocycles. The molecule has 0 aliphatic carbocycles. The Morgan fingerprint density at radius 2 is 1.53 bits per heavy atom. The van der Waals surface area contributed by atoms with Gasteiger partial charge in [-0.1, -0.05) is 60.7 Å². The molecule has 1 aromatic rings. The highest BCUT2D eigenvalue weighted by Crippen LogP contribution is 2.15. The maximum atomic E-state index is 5.59. The molecular formula is C17H27BrO. The predicted octanol–water partition coefficient (Wildman–Crippen LogP) is 5.75. The lowest BCUT2D eigenvalue weighted by atomic mass is 10.0. The van der Waals surface area contributed by atoms with E-state index < -0.39 is 0 Å². The Labute approximate surface area is 126 Å². The first-order chi connectivity index (χ1) is 9.36. The summed E-state index contributed by atoms with van der Waals surface area (Å²) in [6.07, 6.45) is 10.4. The third-order valence-corrected chi connectivity index (χ3v) is 3.81. The highest BCUT2D eigenvalue weighted by atomic mass is 79.9. The van der Waals surface area contributed by atoms with Gasteiger partial charge in [-0.05, 0) is 43.4 Å². The van der Waals surface area contributed by atoms with Crippen LogP contribution in [0.4, 0.5) is 0 Å². The highest BCUT2D eigenvalue weighted by Gasteiger charge is 1.96. The van der Waals surface area contributed by atoms with E-state index in [0.29, 0.717) is 0 Å². The third-order valence-electron chi connectivity index (χ3n) is 3.25. The van der Waals surface area contributed by atoms with Crippen molar-refractivity contribution in [2.75, 3.05) is 11.9 Å². The summed E-state index contributed by atoms with van der Waals surface area (Å²) < 4.78 is 5.59. The number of hydrogen-bond donors (Lipinski definition) is 0. The van der Waals surface area contributed by atoms with Gasteiger partial charge in [0.15, 0.2) is 0 Å². The topological polar surface area (TPSA) is 9.23 Å². The van der Waals surface area contributed by atoms with Gasteiger partial charge in [-0.15, -0.1) is 0 Å². The fourth-order valence-corrected chi connectivity index (χ4v) is 2.50. The van der Waals surface area contributed by atoms with Crippen molar-refractivity contribution in [3.05, 3.63) is 29.8 Å². The number of hydrogen-bond acceptors (Lipinski definition) is 1. The first-order valence-electron chi connectivity index (χ1n) is 7.64. The Morgan fingerprint density at radius 3 is 2.16 bits per heavy atom. The van der Waals surface area contributed by atoms with E-state index >= 15 is 0 Å². The molecule has 0 radical (unpaired) electrons. The second-order valence-corrected chi connectivity index (χ2v) is 5.85. The molecule has 0 saturated heterocycles. The maximum absolute atomic E-state index is 5.59. The molecule has 0 saturated carbocycles. The van der Waals surface area contributed by atoms with E-state index in [2.05, 4.69) is 47.1 Å². The van der Waals surface area contributed by atoms with Gasteiger partial charge in [0.05, 0.1) is 6.61 Å². The summed E-state index contributed by atoms with van der Waals surface area (Å²) in [5, 5.41) is 1.15. The van der Waals surface area contributed by atoms with Crippen LogP contribution in [0.1, 0.15) is 57.4 Å². The quantitative estimate of drug-likeness (QED) is 0.371. The monoisotopic (exact) mass is 326 g/mol. The van der Waals surface area contributed by atoms with Crippen molar-refractivity contribution in [2.24, 2.45) is 0 Å². The van der Waals surface area contributed by atoms with E-state index in [0.717, 1.165) is 24.1 Å². The normalized spacial score (nSPS) is 10.6. The molecule has 0 N–H and O–H groups in total. The summed E-state index contributed by atoms with van der Waals surface area (Å²) in [6.45, 7) is 2.94. The van der Waals surface area contributed by atoms with Gasteiger partial charge in [-0.25, -0.2) is 0 Å². The molecule has 0 unspecified atom stereocenters. The summed E-state index contributed by atoms with van der Waals surface area (Å²) in [4.78, 5) is 0. The molecule has 0 bridgehead atoms. The Kier molecular flexibility index (Phi) is 9.88. The van der Waals surface area contributed by atoms with Gasteiger partial charge < -0.3 is 4.74 Å². The van der Waals surface area contributed by atoms with Crippen molar-refractivity contribution in [3.63, 3.8) is 0 Å². The smallest absolute Gasteiger partial charge is 0.119 e. The zero-order valence-corrected chi connectivity index (χ0v) is 13.8. The number of benzene rings is 1. The minimum Gasteiger partial charge on any atom is -0.494 e. The fraction of sp³-hybridized carbons (Fsp3) is 0.647. The Hall–Kier alpha value is -0.500. The first-order valence-corrected chi connectivity index (χ1v) is 8.76. The van der Waals surface area contributed by atoms with E-state index in [1.54, 1.807) is 0 Å². The predicted molar refractivity (Wildman–Crippen MR) is 87.4 cm³/mol. The summed E-state index contributed by atoms with van der Waals surface area (Å²) in [6, 6.07) is 8.60. The van der Waals surface area contributed by atoms with E-state index in [-0.39, 0.29) is 0 Å². The Morgan fingerprint density at radius 1 is 0.895 bits per heavy atom. The molecule has 1 rings (SSSR count). The largest absolute Gasteiger partial charge is 0.494 e. The van der Waals surface area contributed by atoms with Crippen LogP contribution in [0.25, 0.3) is 0 Å². The molecule has 0 aliphatic rings. The van der Waals surface area contributed by atoms with Crippen molar-refractivity contribution in [1.82, 2.24) is 0 Å². The minimum atomic E-state index is 0.813. The average Bonchev–Trinajstić information content (AvgIpc) is 2.45. The molecule has 108 valence electrons. The lowest BCUT2D eigenvalue weighted by molar-refractivity contribution is 0.317. The molecule has 2 heteroatoms. The van der Waals surface area contributed by atoms with Crippen LogP contribution in [0, 0.1) is 0 Å². The van der Waals surface area contributed by atoms with Gasteiger partial charge >= 0.3 is 0 Å². The number of rotatable bonds is 11. The van der Waals surface area contributed by atoms with Gasteiger partial charge in [0.1, 0.15) is 5.75 Å². The summed E-state index contributed by atoms with van der Waals surface area (Å²) in [5.41, 5.74) is 1.43. The van der Waals surface area contributed by atoms with Crippen molar-refractivity contribution in [3.8, 4) is 5.75 Å². The lowest BCUT2D eigenvalue weighted by Crippen LogP contribution is -1.95. The number of ether oxygens (including phenoxy) is 1. The molecule has 0 fully saturated rings. The number of aryl methyl sites for hydroxylation is 1. The SMILES string of the molecule is CCCOc1ccc(CCCCCCCCBr)cc1. The van der Waals surface area contributed by atoms with E-state index in [1.807, 2.05) is 0 Å². The molecule has 1 aromatic carbocycles. The molecule has 0 atom stereocenters. The molecule has 19 heavy (non-hydrogen) atoms. The van der Waals surface area contributed by atoms with Crippen molar-refractivity contribution < 1.29 is 4.74 Å². The van der Waals surface area contributed by atoms with Crippen molar-refractivity contribution >= 4 is 15.9 Å². The zero-order valence-electron chi connectivity index (χ0n) is 12.2. The Balaban J connectivity index is 2.09. The van der Waals surface area contributed by atoms with Gasteiger partial charge in [0, 0.05) is 5.33 Å². The number of alkyl halides is 1. The average molecular weight is 327 g/mol. The van der Waals surface area contributed by atoms with Crippen molar-refractivity contribution in [2.45, 2.75) is 58.3 Å². The Bertz CT molecular complexity index is 308. The number of unbranched alkanes of at least 4 members (excludes halogenated alkanes) is 5. The minimum absolute atomic E-state index is 0.813. The standard InChI is InChI=1S/C17H27BrO/c1-2-15-19-17-12-10-16(11-13-17)9-7-5-3-4-6-8-14-18/h10-13H,2-9,14-15H2,1H3. The van der Waals surface area contributed by atoms with Crippen LogP contribution < -0.4 is 4.74 Å². The van der Waals surface area contributed by atoms with E-state index in [1.165, 1.54) is 50.5 Å². The second-order valence-electron chi connectivity index (χ2n) is 5.05. The van der Waals surface area contributed by atoms with Crippen LogP contribution in [-0.4, -0.2) is 11.9 Å². The molecule has 1 nitrogen and oxygen atoms in total. The van der Waals surface area contributed by atoms with Crippen LogP contribution >= 0.6 is 15.9 Å². The van der Waals surface area contributed by atoms with E-state index in [9.17, 15) is 0 Å². The first kappa shape index (κ1) is 16.6. The fourth-order valence-electron chi connectivity index (χ4n) is 2.10. The van der Waals surface area contributed by atoms with Crippen LogP contribution in [0.5, 0.6) is 5.75 Å². The van der Waals surface area contributed by atoms with Crippen LogP contribution in [-0.2, 0) is 6.42 Å². The highest BCUT2D eigenvalue weighted by molar-refractivity contribution is 9.09. The summed E-state index contributed by atoms with van der Waals surface area (Å²) in [7, 11) is 0. The van der Waals surface area contributed by atoms with Crippen molar-refractivity contribution in [1.29, 1.82) is 0 Å². The van der Waals surface area contributed by atoms with Gasteiger partial charge in [-0.3, -0.25) is 0 Å². The van der Waals surface area contributed by atoms with Crippen LogP contribution in [0.2, 0.25) is 0 Å². The van der Waals surface area contributed by atoms with Gasteiger partial charge in [-0.2, -0.15) is 0 Å². The summed E-state index contributed by atoms with van der Waals surface area (Å²) >= 11 is 3.47.